The highest BCUT2D eigenvalue weighted by atomic mass is 16.3. The normalized spacial score (nSPS) is 11.2. The molecule has 12 aromatic rings. The Hall–Kier alpha value is -9.19. The van der Waals surface area contributed by atoms with Gasteiger partial charge >= 0.3 is 0 Å². The summed E-state index contributed by atoms with van der Waals surface area (Å²) in [6.45, 7) is 0. The lowest BCUT2D eigenvalue weighted by Gasteiger charge is -2.26. The number of aromatic nitrogens is 3. The maximum atomic E-state index is 6.11. The van der Waals surface area contributed by atoms with Crippen molar-refractivity contribution >= 4 is 39.2 Å². The zero-order valence-electron chi connectivity index (χ0n) is 36.9. The third-order valence-corrected chi connectivity index (χ3v) is 12.6. The number of fused-ring (bicyclic) bond motifs is 2. The van der Waals surface area contributed by atoms with Crippen LogP contribution in [0.1, 0.15) is 0 Å². The highest BCUT2D eigenvalue weighted by molar-refractivity contribution is 6.03. The predicted molar refractivity (Wildman–Crippen MR) is 280 cm³/mol. The average molecular weight is 871 g/mol. The summed E-state index contributed by atoms with van der Waals surface area (Å²) >= 11 is 0. The molecule has 10 aromatic carbocycles. The fraction of sp³-hybridized carbons (Fsp3) is 0. The molecule has 0 saturated carbocycles. The van der Waals surface area contributed by atoms with Gasteiger partial charge in [0.25, 0.3) is 0 Å². The van der Waals surface area contributed by atoms with Crippen LogP contribution in [0.3, 0.4) is 0 Å². The van der Waals surface area contributed by atoms with Gasteiger partial charge in [-0.25, -0.2) is 15.0 Å². The van der Waals surface area contributed by atoms with Crippen LogP contribution in [-0.4, -0.2) is 15.0 Å². The maximum Gasteiger partial charge on any atom is 0.227 e. The fourth-order valence-corrected chi connectivity index (χ4v) is 9.09. The summed E-state index contributed by atoms with van der Waals surface area (Å²) in [5, 5.41) is 0. The van der Waals surface area contributed by atoms with E-state index in [1.165, 1.54) is 16.7 Å². The molecular weight excluding hydrogens is 829 g/mol. The molecule has 0 spiro atoms. The van der Waals surface area contributed by atoms with Gasteiger partial charge in [0.1, 0.15) is 5.52 Å². The van der Waals surface area contributed by atoms with Gasteiger partial charge in [0.2, 0.25) is 5.89 Å². The minimum Gasteiger partial charge on any atom is -0.436 e. The molecule has 2 heterocycles. The molecule has 0 bridgehead atoms. The average Bonchev–Trinajstić information content (AvgIpc) is 3.87. The maximum absolute atomic E-state index is 6.11. The van der Waals surface area contributed by atoms with Gasteiger partial charge in [0, 0.05) is 44.9 Å². The molecule has 68 heavy (non-hydrogen) atoms. The SMILES string of the molecule is c1ccc(-c2ccc(-c3ccc(-c4ccc(-c5ccccc5)cc4)c4nc(-c5ccc(N(c6ccccc6)c6ccc(-c7nc8ccccc8o7)cc6)cc5)c(-c5ccccc5)nc34)cc2)cc1. The van der Waals surface area contributed by atoms with Gasteiger partial charge in [-0.05, 0) is 94.0 Å². The Morgan fingerprint density at radius 2 is 0.618 bits per heavy atom. The fourth-order valence-electron chi connectivity index (χ4n) is 9.09. The minimum atomic E-state index is 0.597. The molecule has 0 aliphatic carbocycles. The van der Waals surface area contributed by atoms with Gasteiger partial charge in [0.15, 0.2) is 5.58 Å². The van der Waals surface area contributed by atoms with Crippen LogP contribution in [0.5, 0.6) is 0 Å². The van der Waals surface area contributed by atoms with Crippen LogP contribution < -0.4 is 4.90 Å². The molecule has 0 N–H and O–H groups in total. The molecule has 5 nitrogen and oxygen atoms in total. The van der Waals surface area contributed by atoms with Crippen molar-refractivity contribution < 1.29 is 4.42 Å². The van der Waals surface area contributed by atoms with E-state index in [1.54, 1.807) is 0 Å². The molecule has 0 radical (unpaired) electrons. The first-order valence-corrected chi connectivity index (χ1v) is 22.8. The Balaban J connectivity index is 0.988. The van der Waals surface area contributed by atoms with Gasteiger partial charge in [0.05, 0.1) is 22.4 Å². The second-order valence-corrected chi connectivity index (χ2v) is 16.8. The van der Waals surface area contributed by atoms with Gasteiger partial charge in [-0.3, -0.25) is 0 Å². The molecule has 320 valence electrons. The lowest BCUT2D eigenvalue weighted by Crippen LogP contribution is -2.09. The highest BCUT2D eigenvalue weighted by Gasteiger charge is 2.21. The van der Waals surface area contributed by atoms with Crippen molar-refractivity contribution in [1.29, 1.82) is 0 Å². The van der Waals surface area contributed by atoms with Crippen molar-refractivity contribution in [3.8, 4) is 78.5 Å². The number of nitrogens with zero attached hydrogens (tertiary/aromatic N) is 4. The van der Waals surface area contributed by atoms with Crippen LogP contribution in [0.2, 0.25) is 0 Å². The second kappa shape index (κ2) is 17.7. The van der Waals surface area contributed by atoms with Crippen molar-refractivity contribution in [3.63, 3.8) is 0 Å². The van der Waals surface area contributed by atoms with E-state index in [4.69, 9.17) is 19.4 Å². The van der Waals surface area contributed by atoms with E-state index in [0.29, 0.717) is 5.89 Å². The van der Waals surface area contributed by atoms with E-state index in [0.717, 1.165) is 95.1 Å². The van der Waals surface area contributed by atoms with Crippen molar-refractivity contribution in [1.82, 2.24) is 15.0 Å². The van der Waals surface area contributed by atoms with Gasteiger partial charge in [-0.1, -0.05) is 194 Å². The Labute approximate surface area is 395 Å². The summed E-state index contributed by atoms with van der Waals surface area (Å²) in [6, 6.07) is 88.7. The molecule has 0 amide bonds. The van der Waals surface area contributed by atoms with Crippen molar-refractivity contribution in [2.24, 2.45) is 0 Å². The quantitative estimate of drug-likeness (QED) is 0.137. The standard InChI is InChI=1S/C63H42N4O/c1-5-15-43(16-6-1)45-25-29-47(30-26-45)55-41-42-56(48-31-27-46(28-32-48)44-17-7-2-8-18-44)62-61(55)65-59(49-19-9-3-10-20-49)60(66-62)50-33-37-53(38-34-50)67(52-21-11-4-12-22-52)54-39-35-51(36-40-54)63-64-57-23-13-14-24-58(57)68-63/h1-42H. The number of hydrogen-bond donors (Lipinski definition) is 0. The molecule has 2 aromatic heterocycles. The first-order valence-electron chi connectivity index (χ1n) is 22.8. The molecule has 0 saturated heterocycles. The summed E-state index contributed by atoms with van der Waals surface area (Å²) in [5.74, 6) is 0.597. The van der Waals surface area contributed by atoms with Gasteiger partial charge in [-0.2, -0.15) is 0 Å². The summed E-state index contributed by atoms with van der Waals surface area (Å²) < 4.78 is 6.11. The van der Waals surface area contributed by atoms with E-state index < -0.39 is 0 Å². The molecule has 0 aliphatic heterocycles. The zero-order valence-corrected chi connectivity index (χ0v) is 36.9. The smallest absolute Gasteiger partial charge is 0.227 e. The van der Waals surface area contributed by atoms with Crippen LogP contribution in [0.25, 0.3) is 101 Å². The monoisotopic (exact) mass is 870 g/mol. The molecule has 0 aliphatic rings. The Morgan fingerprint density at radius 1 is 0.265 bits per heavy atom. The lowest BCUT2D eigenvalue weighted by atomic mass is 9.94. The van der Waals surface area contributed by atoms with Crippen molar-refractivity contribution in [2.45, 2.75) is 0 Å². The third-order valence-electron chi connectivity index (χ3n) is 12.6. The lowest BCUT2D eigenvalue weighted by molar-refractivity contribution is 0.620. The molecular formula is C63H42N4O. The zero-order chi connectivity index (χ0) is 45.2. The molecule has 0 unspecified atom stereocenters. The van der Waals surface area contributed by atoms with Crippen molar-refractivity contribution in [3.05, 3.63) is 255 Å². The van der Waals surface area contributed by atoms with Crippen LogP contribution in [0, 0.1) is 0 Å². The van der Waals surface area contributed by atoms with Gasteiger partial charge < -0.3 is 9.32 Å². The molecule has 0 atom stereocenters. The van der Waals surface area contributed by atoms with Crippen LogP contribution in [0.15, 0.2) is 259 Å². The summed E-state index contributed by atoms with van der Waals surface area (Å²) in [4.78, 5) is 18.3. The second-order valence-electron chi connectivity index (χ2n) is 16.8. The van der Waals surface area contributed by atoms with Gasteiger partial charge in [-0.15, -0.1) is 0 Å². The Kier molecular flexibility index (Phi) is 10.5. The van der Waals surface area contributed by atoms with Crippen LogP contribution in [-0.2, 0) is 0 Å². The number of anilines is 3. The van der Waals surface area contributed by atoms with Crippen LogP contribution >= 0.6 is 0 Å². The third kappa shape index (κ3) is 7.78. The van der Waals surface area contributed by atoms with Crippen LogP contribution in [0.4, 0.5) is 17.1 Å². The number of hydrogen-bond acceptors (Lipinski definition) is 5. The summed E-state index contributed by atoms with van der Waals surface area (Å²) in [7, 11) is 0. The Morgan fingerprint density at radius 3 is 1.10 bits per heavy atom. The van der Waals surface area contributed by atoms with E-state index >= 15 is 0 Å². The first-order chi connectivity index (χ1) is 33.7. The molecule has 12 rings (SSSR count). The first kappa shape index (κ1) is 40.3. The largest absolute Gasteiger partial charge is 0.436 e. The Bertz CT molecular complexity index is 3640. The summed E-state index contributed by atoms with van der Waals surface area (Å²) in [5.41, 5.74) is 19.7. The number of para-hydroxylation sites is 3. The number of oxazole rings is 1. The predicted octanol–water partition coefficient (Wildman–Crippen LogP) is 16.9. The van der Waals surface area contributed by atoms with E-state index in [9.17, 15) is 0 Å². The molecule has 0 fully saturated rings. The van der Waals surface area contributed by atoms with E-state index in [1.807, 2.05) is 36.4 Å². The van der Waals surface area contributed by atoms with E-state index in [-0.39, 0.29) is 0 Å². The number of rotatable bonds is 10. The number of benzene rings is 10. The van der Waals surface area contributed by atoms with Crippen molar-refractivity contribution in [2.75, 3.05) is 4.90 Å². The topological polar surface area (TPSA) is 55.1 Å². The highest BCUT2D eigenvalue weighted by Crippen LogP contribution is 2.42. The summed E-state index contributed by atoms with van der Waals surface area (Å²) in [6.07, 6.45) is 0. The molecule has 5 heteroatoms. The van der Waals surface area contributed by atoms with E-state index in [2.05, 4.69) is 223 Å². The minimum absolute atomic E-state index is 0.597.